The lowest BCUT2D eigenvalue weighted by atomic mass is 10.0. The molecule has 74 valence electrons. The van der Waals surface area contributed by atoms with Gasteiger partial charge in [-0.05, 0) is 25.8 Å². The molecule has 0 radical (unpaired) electrons. The van der Waals surface area contributed by atoms with Crippen LogP contribution in [0.3, 0.4) is 0 Å². The smallest absolute Gasteiger partial charge is 0.0351 e. The van der Waals surface area contributed by atoms with Crippen LogP contribution in [0.25, 0.3) is 0 Å². The molecule has 0 bridgehead atoms. The first-order chi connectivity index (χ1) is 5.61. The molecule has 0 aromatic rings. The summed E-state index contributed by atoms with van der Waals surface area (Å²) in [6, 6.07) is 0.675. The molecular weight excluding hydrogens is 170 g/mol. The Morgan fingerprint density at radius 2 is 1.83 bits per heavy atom. The number of hydrogen-bond acceptors (Lipinski definition) is 1. The van der Waals surface area contributed by atoms with Gasteiger partial charge in [0, 0.05) is 18.5 Å². The Morgan fingerprint density at radius 3 is 2.17 bits per heavy atom. The summed E-state index contributed by atoms with van der Waals surface area (Å²) >= 11 is 5.71. The van der Waals surface area contributed by atoms with Gasteiger partial charge < -0.3 is 0 Å². The van der Waals surface area contributed by atoms with Crippen molar-refractivity contribution in [2.45, 2.75) is 40.2 Å². The number of alkyl halides is 1. The number of halogens is 1. The van der Waals surface area contributed by atoms with E-state index in [0.29, 0.717) is 6.04 Å². The van der Waals surface area contributed by atoms with Crippen molar-refractivity contribution in [1.82, 2.24) is 4.90 Å². The van der Waals surface area contributed by atoms with Gasteiger partial charge in [-0.25, -0.2) is 0 Å². The molecule has 0 heterocycles. The van der Waals surface area contributed by atoms with Crippen molar-refractivity contribution in [3.63, 3.8) is 0 Å². The second-order valence-corrected chi connectivity index (χ2v) is 4.17. The third kappa shape index (κ3) is 5.00. The van der Waals surface area contributed by atoms with Crippen molar-refractivity contribution >= 4 is 11.6 Å². The Hall–Kier alpha value is 0.250. The van der Waals surface area contributed by atoms with E-state index in [0.717, 1.165) is 24.9 Å². The Morgan fingerprint density at radius 1 is 1.25 bits per heavy atom. The normalized spacial score (nSPS) is 14.2. The highest BCUT2D eigenvalue weighted by Crippen LogP contribution is 2.10. The fourth-order valence-electron chi connectivity index (χ4n) is 1.63. The van der Waals surface area contributed by atoms with Crippen LogP contribution in [0.2, 0.25) is 0 Å². The molecule has 0 aliphatic heterocycles. The molecule has 0 aromatic carbocycles. The fraction of sp³-hybridized carbons (Fsp3) is 1.00. The van der Waals surface area contributed by atoms with Crippen molar-refractivity contribution in [2.75, 3.05) is 19.0 Å². The zero-order valence-corrected chi connectivity index (χ0v) is 9.56. The molecule has 0 aliphatic rings. The predicted octanol–water partition coefficient (Wildman–Crippen LogP) is 2.98. The molecule has 0 aliphatic carbocycles. The topological polar surface area (TPSA) is 3.24 Å². The van der Waals surface area contributed by atoms with Crippen LogP contribution in [0, 0.1) is 5.92 Å². The quantitative estimate of drug-likeness (QED) is 0.584. The van der Waals surface area contributed by atoms with E-state index >= 15 is 0 Å². The largest absolute Gasteiger partial charge is 0.300 e. The molecule has 0 saturated heterocycles. The van der Waals surface area contributed by atoms with Gasteiger partial charge in [0.05, 0.1) is 0 Å². The van der Waals surface area contributed by atoms with E-state index in [2.05, 4.69) is 32.6 Å². The van der Waals surface area contributed by atoms with E-state index in [-0.39, 0.29) is 0 Å². The molecule has 0 fully saturated rings. The molecule has 0 N–H and O–H groups in total. The summed E-state index contributed by atoms with van der Waals surface area (Å²) in [4.78, 5) is 2.44. The van der Waals surface area contributed by atoms with Gasteiger partial charge >= 0.3 is 0 Å². The van der Waals surface area contributed by atoms with Crippen LogP contribution in [0.15, 0.2) is 0 Å². The van der Waals surface area contributed by atoms with Crippen molar-refractivity contribution in [1.29, 1.82) is 0 Å². The van der Waals surface area contributed by atoms with Crippen LogP contribution in [0.1, 0.15) is 34.1 Å². The molecule has 0 saturated carbocycles. The number of rotatable bonds is 6. The first-order valence-corrected chi connectivity index (χ1v) is 5.45. The molecule has 0 spiro atoms. The molecule has 0 amide bonds. The van der Waals surface area contributed by atoms with E-state index < -0.39 is 0 Å². The van der Waals surface area contributed by atoms with Crippen LogP contribution in [-0.2, 0) is 0 Å². The maximum atomic E-state index is 5.71. The summed E-state index contributed by atoms with van der Waals surface area (Å²) in [6.07, 6.45) is 1.27. The van der Waals surface area contributed by atoms with E-state index in [4.69, 9.17) is 11.6 Å². The van der Waals surface area contributed by atoms with Crippen LogP contribution in [0.4, 0.5) is 0 Å². The Bertz CT molecular complexity index is 104. The molecule has 2 heteroatoms. The minimum Gasteiger partial charge on any atom is -0.300 e. The van der Waals surface area contributed by atoms with Gasteiger partial charge in [-0.15, -0.1) is 11.6 Å². The van der Waals surface area contributed by atoms with E-state index in [9.17, 15) is 0 Å². The number of hydrogen-bond donors (Lipinski definition) is 0. The van der Waals surface area contributed by atoms with E-state index in [1.807, 2.05) is 0 Å². The number of nitrogens with zero attached hydrogens (tertiary/aromatic N) is 1. The molecule has 1 unspecified atom stereocenters. The summed E-state index contributed by atoms with van der Waals surface area (Å²) in [6.45, 7) is 11.2. The average molecular weight is 192 g/mol. The van der Waals surface area contributed by atoms with Gasteiger partial charge in [-0.1, -0.05) is 20.8 Å². The highest BCUT2D eigenvalue weighted by atomic mass is 35.5. The van der Waals surface area contributed by atoms with Crippen molar-refractivity contribution in [2.24, 2.45) is 5.92 Å². The standard InChI is InChI=1S/C10H22ClN/c1-5-12(7-6-11)10(4)8-9(2)3/h9-10H,5-8H2,1-4H3. The average Bonchev–Trinajstić information content (AvgIpc) is 1.98. The van der Waals surface area contributed by atoms with Gasteiger partial charge in [0.1, 0.15) is 0 Å². The molecular formula is C10H22ClN. The summed E-state index contributed by atoms with van der Waals surface area (Å²) in [5.74, 6) is 1.53. The Kier molecular flexibility index (Phi) is 6.87. The molecule has 0 rings (SSSR count). The van der Waals surface area contributed by atoms with Crippen LogP contribution in [0.5, 0.6) is 0 Å². The van der Waals surface area contributed by atoms with Crippen LogP contribution < -0.4 is 0 Å². The minimum atomic E-state index is 0.675. The predicted molar refractivity (Wildman–Crippen MR) is 56.9 cm³/mol. The fourth-order valence-corrected chi connectivity index (χ4v) is 1.85. The summed E-state index contributed by atoms with van der Waals surface area (Å²) < 4.78 is 0. The second-order valence-electron chi connectivity index (χ2n) is 3.80. The highest BCUT2D eigenvalue weighted by molar-refractivity contribution is 6.18. The van der Waals surface area contributed by atoms with Gasteiger partial charge in [0.15, 0.2) is 0 Å². The SMILES string of the molecule is CCN(CCCl)C(C)CC(C)C. The third-order valence-electron chi connectivity index (χ3n) is 2.21. The van der Waals surface area contributed by atoms with E-state index in [1.54, 1.807) is 0 Å². The molecule has 1 atom stereocenters. The first kappa shape index (κ1) is 12.2. The van der Waals surface area contributed by atoms with Gasteiger partial charge in [-0.2, -0.15) is 0 Å². The van der Waals surface area contributed by atoms with Gasteiger partial charge in [0.25, 0.3) is 0 Å². The molecule has 0 aromatic heterocycles. The Labute approximate surface area is 82.1 Å². The summed E-state index contributed by atoms with van der Waals surface area (Å²) in [5, 5.41) is 0. The molecule has 12 heavy (non-hydrogen) atoms. The minimum absolute atomic E-state index is 0.675. The second kappa shape index (κ2) is 6.73. The monoisotopic (exact) mass is 191 g/mol. The lowest BCUT2D eigenvalue weighted by molar-refractivity contribution is 0.207. The van der Waals surface area contributed by atoms with Gasteiger partial charge in [0.2, 0.25) is 0 Å². The first-order valence-electron chi connectivity index (χ1n) is 4.91. The lowest BCUT2D eigenvalue weighted by Crippen LogP contribution is -2.35. The third-order valence-corrected chi connectivity index (χ3v) is 2.38. The van der Waals surface area contributed by atoms with Crippen molar-refractivity contribution in [3.05, 3.63) is 0 Å². The van der Waals surface area contributed by atoms with E-state index in [1.165, 1.54) is 6.42 Å². The van der Waals surface area contributed by atoms with Crippen molar-refractivity contribution < 1.29 is 0 Å². The molecule has 1 nitrogen and oxygen atoms in total. The van der Waals surface area contributed by atoms with Crippen LogP contribution >= 0.6 is 11.6 Å². The van der Waals surface area contributed by atoms with Gasteiger partial charge in [-0.3, -0.25) is 4.90 Å². The van der Waals surface area contributed by atoms with Crippen LogP contribution in [-0.4, -0.2) is 29.9 Å². The summed E-state index contributed by atoms with van der Waals surface area (Å²) in [7, 11) is 0. The highest BCUT2D eigenvalue weighted by Gasteiger charge is 2.11. The maximum absolute atomic E-state index is 5.71. The lowest BCUT2D eigenvalue weighted by Gasteiger charge is -2.28. The zero-order chi connectivity index (χ0) is 9.56. The van der Waals surface area contributed by atoms with Crippen molar-refractivity contribution in [3.8, 4) is 0 Å². The Balaban J connectivity index is 3.76. The summed E-state index contributed by atoms with van der Waals surface area (Å²) in [5.41, 5.74) is 0. The maximum Gasteiger partial charge on any atom is 0.0351 e. The zero-order valence-electron chi connectivity index (χ0n) is 8.81.